The Morgan fingerprint density at radius 2 is 1.93 bits per heavy atom. The van der Waals surface area contributed by atoms with Crippen LogP contribution in [-0.2, 0) is 11.2 Å². The number of rotatable bonds is 6. The van der Waals surface area contributed by atoms with Crippen molar-refractivity contribution in [3.8, 4) is 11.5 Å². The van der Waals surface area contributed by atoms with E-state index < -0.39 is 6.10 Å². The highest BCUT2D eigenvalue weighted by atomic mass is 16.5. The van der Waals surface area contributed by atoms with E-state index >= 15 is 0 Å². The maximum absolute atomic E-state index is 13.0. The van der Waals surface area contributed by atoms with Gasteiger partial charge in [-0.1, -0.05) is 43.7 Å². The van der Waals surface area contributed by atoms with E-state index in [-0.39, 0.29) is 17.6 Å². The first kappa shape index (κ1) is 20.2. The van der Waals surface area contributed by atoms with E-state index in [0.29, 0.717) is 6.42 Å². The zero-order chi connectivity index (χ0) is 20.3. The lowest BCUT2D eigenvalue weighted by molar-refractivity contribution is -0.129. The molecule has 0 fully saturated rings. The summed E-state index contributed by atoms with van der Waals surface area (Å²) in [5.41, 5.74) is 3.11. The molecule has 150 valence electrons. The molecular weight excluding hydrogens is 350 g/mol. The normalized spacial score (nSPS) is 18.5. The SMILES string of the molecule is CCc1ccc(O[C@H](CC)C(=O)N[C@H]2CC(C)(C)Oc3ccc(C)cc32)cc1. The largest absolute Gasteiger partial charge is 0.487 e. The second-order valence-electron chi connectivity index (χ2n) is 8.18. The summed E-state index contributed by atoms with van der Waals surface area (Å²) < 4.78 is 12.1. The average Bonchev–Trinajstić information content (AvgIpc) is 2.66. The van der Waals surface area contributed by atoms with Gasteiger partial charge in [-0.15, -0.1) is 0 Å². The van der Waals surface area contributed by atoms with Crippen molar-refractivity contribution in [2.24, 2.45) is 0 Å². The number of benzene rings is 2. The Morgan fingerprint density at radius 3 is 2.57 bits per heavy atom. The smallest absolute Gasteiger partial charge is 0.261 e. The molecule has 0 unspecified atom stereocenters. The highest BCUT2D eigenvalue weighted by molar-refractivity contribution is 5.81. The lowest BCUT2D eigenvalue weighted by atomic mass is 9.88. The summed E-state index contributed by atoms with van der Waals surface area (Å²) in [6, 6.07) is 14.0. The average molecular weight is 382 g/mol. The van der Waals surface area contributed by atoms with Crippen molar-refractivity contribution in [2.75, 3.05) is 0 Å². The molecule has 4 nitrogen and oxygen atoms in total. The minimum absolute atomic E-state index is 0.0859. The van der Waals surface area contributed by atoms with Crippen LogP contribution in [0.15, 0.2) is 42.5 Å². The zero-order valence-electron chi connectivity index (χ0n) is 17.5. The van der Waals surface area contributed by atoms with Gasteiger partial charge in [0.05, 0.1) is 6.04 Å². The second kappa shape index (κ2) is 8.26. The van der Waals surface area contributed by atoms with E-state index in [4.69, 9.17) is 9.47 Å². The molecule has 0 saturated heterocycles. The van der Waals surface area contributed by atoms with Crippen LogP contribution in [0.4, 0.5) is 0 Å². The van der Waals surface area contributed by atoms with Crippen LogP contribution in [0.2, 0.25) is 0 Å². The van der Waals surface area contributed by atoms with Crippen molar-refractivity contribution >= 4 is 5.91 Å². The Labute approximate surface area is 168 Å². The Bertz CT molecular complexity index is 826. The van der Waals surface area contributed by atoms with E-state index in [1.165, 1.54) is 5.56 Å². The molecule has 1 aliphatic heterocycles. The van der Waals surface area contributed by atoms with Crippen LogP contribution in [0.5, 0.6) is 11.5 Å². The molecule has 2 atom stereocenters. The highest BCUT2D eigenvalue weighted by Crippen LogP contribution is 2.40. The van der Waals surface area contributed by atoms with Gasteiger partial charge in [-0.3, -0.25) is 4.79 Å². The van der Waals surface area contributed by atoms with Gasteiger partial charge in [-0.05, 0) is 57.4 Å². The fraction of sp³-hybridized carbons (Fsp3) is 0.458. The molecule has 1 aliphatic rings. The Morgan fingerprint density at radius 1 is 1.21 bits per heavy atom. The number of hydrogen-bond acceptors (Lipinski definition) is 3. The van der Waals surface area contributed by atoms with E-state index in [0.717, 1.165) is 35.5 Å². The Hall–Kier alpha value is -2.49. The summed E-state index contributed by atoms with van der Waals surface area (Å²) in [5.74, 6) is 1.48. The van der Waals surface area contributed by atoms with Crippen LogP contribution in [0.25, 0.3) is 0 Å². The summed E-state index contributed by atoms with van der Waals surface area (Å²) in [4.78, 5) is 13.0. The van der Waals surface area contributed by atoms with E-state index in [1.54, 1.807) is 0 Å². The number of fused-ring (bicyclic) bond motifs is 1. The molecule has 0 bridgehead atoms. The number of hydrogen-bond donors (Lipinski definition) is 1. The van der Waals surface area contributed by atoms with Crippen molar-refractivity contribution in [1.29, 1.82) is 0 Å². The highest BCUT2D eigenvalue weighted by Gasteiger charge is 2.35. The van der Waals surface area contributed by atoms with Crippen LogP contribution in [0.1, 0.15) is 63.3 Å². The first-order chi connectivity index (χ1) is 13.3. The first-order valence-electron chi connectivity index (χ1n) is 10.2. The number of ether oxygens (including phenoxy) is 2. The summed E-state index contributed by atoms with van der Waals surface area (Å²) >= 11 is 0. The van der Waals surface area contributed by atoms with Crippen molar-refractivity contribution < 1.29 is 14.3 Å². The van der Waals surface area contributed by atoms with Crippen LogP contribution < -0.4 is 14.8 Å². The minimum Gasteiger partial charge on any atom is -0.487 e. The molecule has 1 amide bonds. The molecule has 0 spiro atoms. The molecule has 1 N–H and O–H groups in total. The maximum atomic E-state index is 13.0. The van der Waals surface area contributed by atoms with Gasteiger partial charge in [0.2, 0.25) is 0 Å². The van der Waals surface area contributed by atoms with Gasteiger partial charge < -0.3 is 14.8 Å². The van der Waals surface area contributed by atoms with E-state index in [9.17, 15) is 4.79 Å². The second-order valence-corrected chi connectivity index (χ2v) is 8.18. The van der Waals surface area contributed by atoms with Gasteiger partial charge in [-0.25, -0.2) is 0 Å². The number of carbonyl (C=O) groups is 1. The van der Waals surface area contributed by atoms with Gasteiger partial charge in [0.1, 0.15) is 17.1 Å². The van der Waals surface area contributed by atoms with Gasteiger partial charge >= 0.3 is 0 Å². The van der Waals surface area contributed by atoms with Crippen LogP contribution in [0.3, 0.4) is 0 Å². The molecule has 2 aromatic rings. The van der Waals surface area contributed by atoms with E-state index in [2.05, 4.69) is 39.1 Å². The summed E-state index contributed by atoms with van der Waals surface area (Å²) in [6.07, 6.45) is 1.79. The monoisotopic (exact) mass is 381 g/mol. The lowest BCUT2D eigenvalue weighted by Crippen LogP contribution is -2.45. The fourth-order valence-corrected chi connectivity index (χ4v) is 3.66. The number of aryl methyl sites for hydroxylation is 2. The van der Waals surface area contributed by atoms with Gasteiger partial charge in [0, 0.05) is 12.0 Å². The zero-order valence-corrected chi connectivity index (χ0v) is 17.5. The predicted molar refractivity (Wildman–Crippen MR) is 112 cm³/mol. The molecule has 1 heterocycles. The van der Waals surface area contributed by atoms with Crippen molar-refractivity contribution in [3.63, 3.8) is 0 Å². The quantitative estimate of drug-likeness (QED) is 0.754. The maximum Gasteiger partial charge on any atom is 0.261 e. The molecule has 4 heteroatoms. The lowest BCUT2D eigenvalue weighted by Gasteiger charge is -2.38. The van der Waals surface area contributed by atoms with Gasteiger partial charge in [-0.2, -0.15) is 0 Å². The van der Waals surface area contributed by atoms with Crippen LogP contribution in [-0.4, -0.2) is 17.6 Å². The first-order valence-corrected chi connectivity index (χ1v) is 10.2. The third-order valence-electron chi connectivity index (χ3n) is 5.21. The molecule has 28 heavy (non-hydrogen) atoms. The van der Waals surface area contributed by atoms with Gasteiger partial charge in [0.25, 0.3) is 5.91 Å². The fourth-order valence-electron chi connectivity index (χ4n) is 3.66. The van der Waals surface area contributed by atoms with E-state index in [1.807, 2.05) is 43.3 Å². The Balaban J connectivity index is 1.75. The topological polar surface area (TPSA) is 47.6 Å². The molecule has 3 rings (SSSR count). The molecule has 0 aromatic heterocycles. The number of nitrogens with one attached hydrogen (secondary N) is 1. The number of carbonyl (C=O) groups excluding carboxylic acids is 1. The van der Waals surface area contributed by atoms with Crippen molar-refractivity contribution in [3.05, 3.63) is 59.2 Å². The van der Waals surface area contributed by atoms with Crippen LogP contribution >= 0.6 is 0 Å². The van der Waals surface area contributed by atoms with Crippen molar-refractivity contribution in [1.82, 2.24) is 5.32 Å². The summed E-state index contributed by atoms with van der Waals surface area (Å²) in [5, 5.41) is 3.21. The minimum atomic E-state index is -0.522. The van der Waals surface area contributed by atoms with Crippen LogP contribution in [0, 0.1) is 6.92 Å². The van der Waals surface area contributed by atoms with Gasteiger partial charge in [0.15, 0.2) is 6.10 Å². The number of amides is 1. The molecule has 2 aromatic carbocycles. The third-order valence-corrected chi connectivity index (χ3v) is 5.21. The molecule has 0 radical (unpaired) electrons. The Kier molecular flexibility index (Phi) is 5.97. The standard InChI is InChI=1S/C24H31NO3/c1-6-17-9-11-18(12-10-17)27-21(7-2)23(26)25-20-15-24(4,5)28-22-13-8-16(3)14-19(20)22/h8-14,20-21H,6-7,15H2,1-5H3,(H,25,26)/t20-,21+/m0/s1. The molecular formula is C24H31NO3. The molecule has 0 aliphatic carbocycles. The summed E-state index contributed by atoms with van der Waals surface area (Å²) in [7, 11) is 0. The van der Waals surface area contributed by atoms with Crippen molar-refractivity contribution in [2.45, 2.75) is 71.6 Å². The third kappa shape index (κ3) is 4.67. The predicted octanol–water partition coefficient (Wildman–Crippen LogP) is 5.13. The molecule has 0 saturated carbocycles. The summed E-state index contributed by atoms with van der Waals surface area (Å²) in [6.45, 7) is 10.2.